The molecule has 2 heteroatoms. The standard InChI is InChI=1S/C13H18FN/c1-4-13(2,10-15-3)9-11-5-7-12(14)8-6-11/h4-8,15H,1,9-10H2,2-3H3. The SMILES string of the molecule is C=CC(C)(CNC)Cc1ccc(F)cc1. The molecule has 0 radical (unpaired) electrons. The highest BCUT2D eigenvalue weighted by Crippen LogP contribution is 2.23. The van der Waals surface area contributed by atoms with Gasteiger partial charge in [0.25, 0.3) is 0 Å². The van der Waals surface area contributed by atoms with Gasteiger partial charge < -0.3 is 5.32 Å². The van der Waals surface area contributed by atoms with Crippen LogP contribution in [0.15, 0.2) is 36.9 Å². The van der Waals surface area contributed by atoms with Crippen LogP contribution in [0.3, 0.4) is 0 Å². The molecule has 1 nitrogen and oxygen atoms in total. The van der Waals surface area contributed by atoms with Crippen molar-refractivity contribution in [1.29, 1.82) is 0 Å². The first kappa shape index (κ1) is 11.9. The average Bonchev–Trinajstić information content (AvgIpc) is 2.22. The van der Waals surface area contributed by atoms with E-state index in [1.807, 2.05) is 25.3 Å². The largest absolute Gasteiger partial charge is 0.319 e. The Morgan fingerprint density at radius 3 is 2.47 bits per heavy atom. The summed E-state index contributed by atoms with van der Waals surface area (Å²) in [6, 6.07) is 6.65. The van der Waals surface area contributed by atoms with Crippen LogP contribution in [0.2, 0.25) is 0 Å². The summed E-state index contributed by atoms with van der Waals surface area (Å²) in [6.45, 7) is 6.86. The Morgan fingerprint density at radius 2 is 2.00 bits per heavy atom. The molecule has 0 aliphatic carbocycles. The van der Waals surface area contributed by atoms with Gasteiger partial charge in [-0.2, -0.15) is 0 Å². The van der Waals surface area contributed by atoms with E-state index in [-0.39, 0.29) is 11.2 Å². The minimum atomic E-state index is -0.187. The fourth-order valence-corrected chi connectivity index (χ4v) is 1.68. The molecule has 82 valence electrons. The number of rotatable bonds is 5. The van der Waals surface area contributed by atoms with Gasteiger partial charge in [0.1, 0.15) is 5.82 Å². The number of halogens is 1. The highest BCUT2D eigenvalue weighted by Gasteiger charge is 2.19. The second-order valence-electron chi connectivity index (χ2n) is 4.19. The molecule has 0 saturated heterocycles. The minimum absolute atomic E-state index is 0.0204. The maximum Gasteiger partial charge on any atom is 0.123 e. The highest BCUT2D eigenvalue weighted by molar-refractivity contribution is 5.19. The van der Waals surface area contributed by atoms with Gasteiger partial charge in [-0.05, 0) is 31.2 Å². The fraction of sp³-hybridized carbons (Fsp3) is 0.385. The smallest absolute Gasteiger partial charge is 0.123 e. The third-order valence-electron chi connectivity index (χ3n) is 2.59. The van der Waals surface area contributed by atoms with Crippen molar-refractivity contribution >= 4 is 0 Å². The maximum atomic E-state index is 12.7. The van der Waals surface area contributed by atoms with E-state index in [9.17, 15) is 4.39 Å². The van der Waals surface area contributed by atoms with E-state index in [1.165, 1.54) is 12.1 Å². The lowest BCUT2D eigenvalue weighted by molar-refractivity contribution is 0.406. The predicted molar refractivity (Wildman–Crippen MR) is 62.3 cm³/mol. The van der Waals surface area contributed by atoms with Crippen molar-refractivity contribution in [2.75, 3.05) is 13.6 Å². The zero-order chi connectivity index (χ0) is 11.3. The zero-order valence-corrected chi connectivity index (χ0v) is 9.39. The van der Waals surface area contributed by atoms with Crippen molar-refractivity contribution in [2.24, 2.45) is 5.41 Å². The Bertz CT molecular complexity index is 318. The topological polar surface area (TPSA) is 12.0 Å². The molecular formula is C13H18FN. The lowest BCUT2D eigenvalue weighted by atomic mass is 9.84. The maximum absolute atomic E-state index is 12.7. The summed E-state index contributed by atoms with van der Waals surface area (Å²) < 4.78 is 12.7. The summed E-state index contributed by atoms with van der Waals surface area (Å²) in [5, 5.41) is 3.15. The van der Waals surface area contributed by atoms with Crippen molar-refractivity contribution in [3.8, 4) is 0 Å². The summed E-state index contributed by atoms with van der Waals surface area (Å²) in [5.41, 5.74) is 1.15. The second-order valence-corrected chi connectivity index (χ2v) is 4.19. The predicted octanol–water partition coefficient (Wildman–Crippen LogP) is 2.78. The van der Waals surface area contributed by atoms with Crippen LogP contribution in [-0.2, 0) is 6.42 Å². The molecular weight excluding hydrogens is 189 g/mol. The molecule has 1 rings (SSSR count). The van der Waals surface area contributed by atoms with E-state index < -0.39 is 0 Å². The molecule has 0 spiro atoms. The molecule has 1 atom stereocenters. The monoisotopic (exact) mass is 207 g/mol. The second kappa shape index (κ2) is 5.08. The Kier molecular flexibility index (Phi) is 4.04. The third-order valence-corrected chi connectivity index (χ3v) is 2.59. The molecule has 0 aromatic heterocycles. The summed E-state index contributed by atoms with van der Waals surface area (Å²) in [5.74, 6) is -0.187. The van der Waals surface area contributed by atoms with Crippen LogP contribution in [0.25, 0.3) is 0 Å². The Labute approximate surface area is 91.0 Å². The van der Waals surface area contributed by atoms with Gasteiger partial charge >= 0.3 is 0 Å². The molecule has 15 heavy (non-hydrogen) atoms. The first-order valence-corrected chi connectivity index (χ1v) is 5.12. The van der Waals surface area contributed by atoms with Gasteiger partial charge in [-0.25, -0.2) is 4.39 Å². The van der Waals surface area contributed by atoms with Gasteiger partial charge in [0, 0.05) is 12.0 Å². The number of hydrogen-bond acceptors (Lipinski definition) is 1. The van der Waals surface area contributed by atoms with Gasteiger partial charge in [0.2, 0.25) is 0 Å². The van der Waals surface area contributed by atoms with Crippen molar-refractivity contribution < 1.29 is 4.39 Å². The lowest BCUT2D eigenvalue weighted by Crippen LogP contribution is -2.29. The van der Waals surface area contributed by atoms with Gasteiger partial charge in [0.15, 0.2) is 0 Å². The van der Waals surface area contributed by atoms with E-state index in [1.54, 1.807) is 0 Å². The van der Waals surface area contributed by atoms with Crippen molar-refractivity contribution in [3.63, 3.8) is 0 Å². The Balaban J connectivity index is 2.74. The first-order chi connectivity index (χ1) is 7.09. The normalized spacial score (nSPS) is 14.6. The molecule has 0 heterocycles. The summed E-state index contributed by atoms with van der Waals surface area (Å²) in [6.07, 6.45) is 2.82. The molecule has 1 N–H and O–H groups in total. The van der Waals surface area contributed by atoms with Gasteiger partial charge in [-0.3, -0.25) is 0 Å². The first-order valence-electron chi connectivity index (χ1n) is 5.12. The van der Waals surface area contributed by atoms with Gasteiger partial charge in [-0.15, -0.1) is 6.58 Å². The Morgan fingerprint density at radius 1 is 1.40 bits per heavy atom. The van der Waals surface area contributed by atoms with E-state index in [4.69, 9.17) is 0 Å². The summed E-state index contributed by atoms with van der Waals surface area (Å²) >= 11 is 0. The molecule has 0 fully saturated rings. The molecule has 1 aromatic rings. The van der Waals surface area contributed by atoms with Crippen LogP contribution in [0.1, 0.15) is 12.5 Å². The molecule has 0 bridgehead atoms. The van der Waals surface area contributed by atoms with Crippen molar-refractivity contribution in [1.82, 2.24) is 5.32 Å². The van der Waals surface area contributed by atoms with Crippen molar-refractivity contribution in [2.45, 2.75) is 13.3 Å². The van der Waals surface area contributed by atoms with Crippen LogP contribution in [0, 0.1) is 11.2 Å². The van der Waals surface area contributed by atoms with Gasteiger partial charge in [-0.1, -0.05) is 25.1 Å². The van der Waals surface area contributed by atoms with Crippen molar-refractivity contribution in [3.05, 3.63) is 48.3 Å². The van der Waals surface area contributed by atoms with Gasteiger partial charge in [0.05, 0.1) is 0 Å². The quantitative estimate of drug-likeness (QED) is 0.732. The average molecular weight is 207 g/mol. The third kappa shape index (κ3) is 3.48. The van der Waals surface area contributed by atoms with Crippen LogP contribution in [0.5, 0.6) is 0 Å². The van der Waals surface area contributed by atoms with Crippen LogP contribution in [-0.4, -0.2) is 13.6 Å². The lowest BCUT2D eigenvalue weighted by Gasteiger charge is -2.25. The molecule has 0 saturated carbocycles. The van der Waals surface area contributed by atoms with E-state index in [2.05, 4.69) is 18.8 Å². The zero-order valence-electron chi connectivity index (χ0n) is 9.39. The number of hydrogen-bond donors (Lipinski definition) is 1. The summed E-state index contributed by atoms with van der Waals surface area (Å²) in [4.78, 5) is 0. The van der Waals surface area contributed by atoms with Crippen LogP contribution >= 0.6 is 0 Å². The van der Waals surface area contributed by atoms with Crippen LogP contribution < -0.4 is 5.32 Å². The minimum Gasteiger partial charge on any atom is -0.319 e. The number of benzene rings is 1. The van der Waals surface area contributed by atoms with E-state index in [0.717, 1.165) is 18.5 Å². The molecule has 0 aliphatic rings. The summed E-state index contributed by atoms with van der Waals surface area (Å²) in [7, 11) is 1.92. The van der Waals surface area contributed by atoms with E-state index in [0.29, 0.717) is 0 Å². The molecule has 0 amide bonds. The molecule has 0 aliphatic heterocycles. The van der Waals surface area contributed by atoms with Crippen LogP contribution in [0.4, 0.5) is 4.39 Å². The highest BCUT2D eigenvalue weighted by atomic mass is 19.1. The molecule has 1 unspecified atom stereocenters. The van der Waals surface area contributed by atoms with E-state index >= 15 is 0 Å². The molecule has 1 aromatic carbocycles. The number of nitrogens with one attached hydrogen (secondary N) is 1. The Hall–Kier alpha value is -1.15. The fourth-order valence-electron chi connectivity index (χ4n) is 1.68.